The molecule has 0 N–H and O–H groups in total. The molecule has 9 aromatic carbocycles. The Labute approximate surface area is 301 Å². The lowest BCUT2D eigenvalue weighted by Gasteiger charge is -2.15. The van der Waals surface area contributed by atoms with Gasteiger partial charge >= 0.3 is 0 Å². The molecule has 52 heavy (non-hydrogen) atoms. The number of benzene rings is 9. The van der Waals surface area contributed by atoms with E-state index < -0.39 is 0 Å². The zero-order valence-electron chi connectivity index (χ0n) is 28.2. The minimum Gasteiger partial charge on any atom is -0.208 e. The molecule has 0 aliphatic rings. The maximum atomic E-state index is 5.11. The number of hydrogen-bond donors (Lipinski definition) is 0. The number of rotatable bonds is 6. The second-order valence-corrected chi connectivity index (χ2v) is 13.2. The fraction of sp³-hybridized carbons (Fsp3) is 0. The summed E-state index contributed by atoms with van der Waals surface area (Å²) >= 11 is 0. The van der Waals surface area contributed by atoms with Gasteiger partial charge in [0.15, 0.2) is 17.5 Å². The monoisotopic (exact) mass is 661 g/mol. The normalized spacial score (nSPS) is 11.5. The van der Waals surface area contributed by atoms with Crippen molar-refractivity contribution >= 4 is 32.3 Å². The van der Waals surface area contributed by atoms with Gasteiger partial charge in [0.1, 0.15) is 0 Å². The van der Waals surface area contributed by atoms with Crippen LogP contribution in [0.15, 0.2) is 188 Å². The third kappa shape index (κ3) is 5.28. The maximum Gasteiger partial charge on any atom is 0.164 e. The Morgan fingerprint density at radius 3 is 1.23 bits per heavy atom. The van der Waals surface area contributed by atoms with Gasteiger partial charge in [-0.2, -0.15) is 0 Å². The van der Waals surface area contributed by atoms with Crippen molar-refractivity contribution < 1.29 is 0 Å². The summed E-state index contributed by atoms with van der Waals surface area (Å²) in [5, 5.41) is 7.65. The first kappa shape index (κ1) is 29.9. The van der Waals surface area contributed by atoms with Crippen molar-refractivity contribution in [1.29, 1.82) is 0 Å². The summed E-state index contributed by atoms with van der Waals surface area (Å²) in [5.74, 6) is 1.92. The van der Waals surface area contributed by atoms with Gasteiger partial charge in [0.05, 0.1) is 0 Å². The number of hydrogen-bond acceptors (Lipinski definition) is 3. The lowest BCUT2D eigenvalue weighted by Crippen LogP contribution is -2.00. The molecule has 3 nitrogen and oxygen atoms in total. The van der Waals surface area contributed by atoms with E-state index in [9.17, 15) is 0 Å². The van der Waals surface area contributed by atoms with Crippen molar-refractivity contribution in [2.45, 2.75) is 0 Å². The van der Waals surface area contributed by atoms with Crippen LogP contribution in [0, 0.1) is 0 Å². The molecular weight excluding hydrogens is 631 g/mol. The molecule has 0 bridgehead atoms. The van der Waals surface area contributed by atoms with Gasteiger partial charge in [0.25, 0.3) is 0 Å². The summed E-state index contributed by atoms with van der Waals surface area (Å²) in [6, 6.07) is 66.4. The third-order valence-electron chi connectivity index (χ3n) is 10.1. The molecular formula is C49H31N3. The summed E-state index contributed by atoms with van der Waals surface area (Å²) in [7, 11) is 0. The molecule has 0 saturated heterocycles. The fourth-order valence-electron chi connectivity index (χ4n) is 7.46. The van der Waals surface area contributed by atoms with Crippen molar-refractivity contribution in [2.75, 3.05) is 0 Å². The first-order valence-corrected chi connectivity index (χ1v) is 17.6. The van der Waals surface area contributed by atoms with Crippen LogP contribution in [0.4, 0.5) is 0 Å². The minimum absolute atomic E-state index is 0.638. The molecule has 0 saturated carbocycles. The Bertz CT molecular complexity index is 2750. The van der Waals surface area contributed by atoms with Crippen LogP contribution in [0.25, 0.3) is 99.9 Å². The van der Waals surface area contributed by atoms with Crippen molar-refractivity contribution in [3.8, 4) is 67.5 Å². The van der Waals surface area contributed by atoms with Crippen LogP contribution in [0.5, 0.6) is 0 Å². The van der Waals surface area contributed by atoms with Gasteiger partial charge in [-0.3, -0.25) is 0 Å². The van der Waals surface area contributed by atoms with E-state index >= 15 is 0 Å². The van der Waals surface area contributed by atoms with Crippen molar-refractivity contribution in [2.24, 2.45) is 0 Å². The van der Waals surface area contributed by atoms with Gasteiger partial charge in [0, 0.05) is 16.7 Å². The Kier molecular flexibility index (Phi) is 7.14. The summed E-state index contributed by atoms with van der Waals surface area (Å²) < 4.78 is 0. The second-order valence-electron chi connectivity index (χ2n) is 13.2. The first-order valence-electron chi connectivity index (χ1n) is 17.6. The first-order chi connectivity index (χ1) is 25.7. The summed E-state index contributed by atoms with van der Waals surface area (Å²) in [5.41, 5.74) is 9.78. The van der Waals surface area contributed by atoms with E-state index in [1.807, 2.05) is 12.1 Å². The Morgan fingerprint density at radius 1 is 0.250 bits per heavy atom. The fourth-order valence-corrected chi connectivity index (χ4v) is 7.46. The van der Waals surface area contributed by atoms with Crippen LogP contribution in [-0.4, -0.2) is 15.0 Å². The zero-order valence-corrected chi connectivity index (χ0v) is 28.2. The molecule has 0 amide bonds. The molecule has 0 fully saturated rings. The Morgan fingerprint density at radius 2 is 0.654 bits per heavy atom. The predicted molar refractivity (Wildman–Crippen MR) is 216 cm³/mol. The summed E-state index contributed by atoms with van der Waals surface area (Å²) in [6.45, 7) is 0. The van der Waals surface area contributed by atoms with Crippen LogP contribution >= 0.6 is 0 Å². The molecule has 10 rings (SSSR count). The number of nitrogens with zero attached hydrogens (tertiary/aromatic N) is 3. The van der Waals surface area contributed by atoms with Gasteiger partial charge in [-0.15, -0.1) is 0 Å². The van der Waals surface area contributed by atoms with Crippen LogP contribution in [0.1, 0.15) is 0 Å². The van der Waals surface area contributed by atoms with Gasteiger partial charge < -0.3 is 0 Å². The minimum atomic E-state index is 0.638. The lowest BCUT2D eigenvalue weighted by molar-refractivity contribution is 1.07. The second kappa shape index (κ2) is 12.4. The van der Waals surface area contributed by atoms with E-state index in [0.29, 0.717) is 17.5 Å². The number of aromatic nitrogens is 3. The highest BCUT2D eigenvalue weighted by atomic mass is 15.0. The molecule has 10 aromatic rings. The highest BCUT2D eigenvalue weighted by Gasteiger charge is 2.16. The smallest absolute Gasteiger partial charge is 0.164 e. The largest absolute Gasteiger partial charge is 0.208 e. The third-order valence-corrected chi connectivity index (χ3v) is 10.1. The van der Waals surface area contributed by atoms with Crippen molar-refractivity contribution in [3.63, 3.8) is 0 Å². The molecule has 1 heterocycles. The SMILES string of the molecule is c1ccc(-c2ccc(-c3nc(-c4ccc(-c5ccccc5)cc4)nc(-c4cccc(-c5ccc6ccc7cccc8ccc5c6c78)c4)n3)cc2)cc1. The van der Waals surface area contributed by atoms with Gasteiger partial charge in [-0.25, -0.2) is 15.0 Å². The van der Waals surface area contributed by atoms with Crippen molar-refractivity contribution in [3.05, 3.63) is 188 Å². The van der Waals surface area contributed by atoms with Gasteiger partial charge in [-0.1, -0.05) is 182 Å². The van der Waals surface area contributed by atoms with Crippen LogP contribution in [0.2, 0.25) is 0 Å². The molecule has 0 unspecified atom stereocenters. The standard InChI is InChI=1S/C49H31N3/c1-3-9-32(10-4-1)34-17-23-39(24-18-34)47-50-48(40-25-19-35(20-26-40)33-11-5-2-6-12-33)52-49(51-47)42-16-8-15-41(31-42)43-29-27-38-22-21-36-13-7-14-37-28-30-44(43)46(38)45(36)37/h1-31H. The molecule has 242 valence electrons. The van der Waals surface area contributed by atoms with E-state index in [0.717, 1.165) is 33.4 Å². The topological polar surface area (TPSA) is 38.7 Å². The van der Waals surface area contributed by atoms with Crippen LogP contribution in [0.3, 0.4) is 0 Å². The van der Waals surface area contributed by atoms with E-state index in [-0.39, 0.29) is 0 Å². The highest BCUT2D eigenvalue weighted by molar-refractivity contribution is 6.25. The Hall–Kier alpha value is -6.97. The van der Waals surface area contributed by atoms with Gasteiger partial charge in [0.2, 0.25) is 0 Å². The predicted octanol–water partition coefficient (Wildman–Crippen LogP) is 12.8. The van der Waals surface area contributed by atoms with E-state index in [2.05, 4.69) is 176 Å². The highest BCUT2D eigenvalue weighted by Crippen LogP contribution is 2.40. The van der Waals surface area contributed by atoms with Crippen LogP contribution < -0.4 is 0 Å². The van der Waals surface area contributed by atoms with E-state index in [1.165, 1.54) is 49.0 Å². The average molecular weight is 662 g/mol. The average Bonchev–Trinajstić information content (AvgIpc) is 3.23. The Balaban J connectivity index is 1.10. The molecule has 0 aliphatic carbocycles. The summed E-state index contributed by atoms with van der Waals surface area (Å²) in [6.07, 6.45) is 0. The molecule has 0 atom stereocenters. The van der Waals surface area contributed by atoms with Crippen molar-refractivity contribution in [1.82, 2.24) is 15.0 Å². The molecule has 0 spiro atoms. The quantitative estimate of drug-likeness (QED) is 0.166. The maximum absolute atomic E-state index is 5.11. The van der Waals surface area contributed by atoms with Crippen LogP contribution in [-0.2, 0) is 0 Å². The van der Waals surface area contributed by atoms with E-state index in [1.54, 1.807) is 0 Å². The van der Waals surface area contributed by atoms with E-state index in [4.69, 9.17) is 15.0 Å². The molecule has 3 heteroatoms. The molecule has 0 radical (unpaired) electrons. The molecule has 1 aromatic heterocycles. The summed E-state index contributed by atoms with van der Waals surface area (Å²) in [4.78, 5) is 15.3. The molecule has 0 aliphatic heterocycles. The lowest BCUT2D eigenvalue weighted by atomic mass is 9.89. The zero-order chi connectivity index (χ0) is 34.4. The van der Waals surface area contributed by atoms with Gasteiger partial charge in [-0.05, 0) is 71.8 Å².